The first-order valence-electron chi connectivity index (χ1n) is 8.82. The molecule has 1 aromatic carbocycles. The molecule has 0 saturated carbocycles. The maximum absolute atomic E-state index is 12.4. The average molecular weight is 419 g/mol. The molecule has 9 heteroatoms. The first-order chi connectivity index (χ1) is 12.1. The lowest BCUT2D eigenvalue weighted by Gasteiger charge is -2.36. The van der Waals surface area contributed by atoms with Crippen LogP contribution < -0.4 is 5.73 Å². The van der Waals surface area contributed by atoms with Gasteiger partial charge in [0.05, 0.1) is 26.2 Å². The fourth-order valence-corrected chi connectivity index (χ4v) is 3.18. The second kappa shape index (κ2) is 11.3. The lowest BCUT2D eigenvalue weighted by Crippen LogP contribution is -2.53. The zero-order valence-corrected chi connectivity index (χ0v) is 17.0. The third-order valence-corrected chi connectivity index (χ3v) is 4.78. The number of piperazine rings is 1. The summed E-state index contributed by atoms with van der Waals surface area (Å²) in [6.45, 7) is 5.88. The molecule has 2 N–H and O–H groups in total. The van der Waals surface area contributed by atoms with Gasteiger partial charge in [0.15, 0.2) is 0 Å². The van der Waals surface area contributed by atoms with Gasteiger partial charge in [-0.15, -0.1) is 24.8 Å². The largest absolute Gasteiger partial charge is 0.399 e. The number of halogens is 2. The van der Waals surface area contributed by atoms with E-state index in [4.69, 9.17) is 10.5 Å². The molecule has 0 bridgehead atoms. The molecule has 27 heavy (non-hydrogen) atoms. The quantitative estimate of drug-likeness (QED) is 0.726. The van der Waals surface area contributed by atoms with Crippen LogP contribution in [-0.4, -0.2) is 85.5 Å². The number of anilines is 1. The number of nitrogen functional groups attached to an aromatic ring is 1. The number of carbonyl (C=O) groups is 2. The van der Waals surface area contributed by atoms with Gasteiger partial charge in [-0.25, -0.2) is 0 Å². The number of amides is 2. The summed E-state index contributed by atoms with van der Waals surface area (Å²) >= 11 is 0. The Morgan fingerprint density at radius 1 is 0.852 bits per heavy atom. The minimum Gasteiger partial charge on any atom is -0.399 e. The van der Waals surface area contributed by atoms with E-state index in [1.54, 1.807) is 0 Å². The fourth-order valence-electron chi connectivity index (χ4n) is 3.18. The topological polar surface area (TPSA) is 79.1 Å². The molecule has 2 fully saturated rings. The van der Waals surface area contributed by atoms with Gasteiger partial charge in [-0.1, -0.05) is 12.1 Å². The number of morpholine rings is 1. The standard InChI is InChI=1S/C18H26N4O3.2ClH/c19-16-3-1-15(2-4-16)13-17(23)21-5-7-22(8-6-21)18(24)14-20-9-11-25-12-10-20;;/h1-4H,5-14,19H2;2*1H. The van der Waals surface area contributed by atoms with E-state index >= 15 is 0 Å². The molecule has 3 rings (SSSR count). The van der Waals surface area contributed by atoms with E-state index in [2.05, 4.69) is 4.90 Å². The summed E-state index contributed by atoms with van der Waals surface area (Å²) in [6.07, 6.45) is 0.377. The Morgan fingerprint density at radius 3 is 1.93 bits per heavy atom. The van der Waals surface area contributed by atoms with Crippen molar-refractivity contribution in [1.29, 1.82) is 0 Å². The van der Waals surface area contributed by atoms with Gasteiger partial charge in [-0.05, 0) is 17.7 Å². The summed E-state index contributed by atoms with van der Waals surface area (Å²) in [7, 11) is 0. The van der Waals surface area contributed by atoms with E-state index in [1.807, 2.05) is 34.1 Å². The van der Waals surface area contributed by atoms with Crippen molar-refractivity contribution in [2.75, 3.05) is 64.8 Å². The Labute approximate surface area is 172 Å². The second-order valence-electron chi connectivity index (χ2n) is 6.57. The van der Waals surface area contributed by atoms with Gasteiger partial charge in [-0.3, -0.25) is 14.5 Å². The van der Waals surface area contributed by atoms with E-state index in [0.29, 0.717) is 58.0 Å². The molecule has 0 unspecified atom stereocenters. The van der Waals surface area contributed by atoms with Crippen LogP contribution in [0.25, 0.3) is 0 Å². The molecule has 0 atom stereocenters. The molecule has 2 amide bonds. The highest BCUT2D eigenvalue weighted by Gasteiger charge is 2.25. The number of hydrogen-bond acceptors (Lipinski definition) is 5. The van der Waals surface area contributed by atoms with E-state index in [-0.39, 0.29) is 36.6 Å². The predicted molar refractivity (Wildman–Crippen MR) is 109 cm³/mol. The molecule has 0 aromatic heterocycles. The molecule has 2 heterocycles. The van der Waals surface area contributed by atoms with Gasteiger partial charge in [-0.2, -0.15) is 0 Å². The molecular weight excluding hydrogens is 391 g/mol. The van der Waals surface area contributed by atoms with E-state index < -0.39 is 0 Å². The van der Waals surface area contributed by atoms with E-state index in [0.717, 1.165) is 18.7 Å². The van der Waals surface area contributed by atoms with Crippen LogP contribution in [0.1, 0.15) is 5.56 Å². The predicted octanol–water partition coefficient (Wildman–Crippen LogP) is 0.658. The number of nitrogens with zero attached hydrogens (tertiary/aromatic N) is 3. The van der Waals surface area contributed by atoms with E-state index in [1.165, 1.54) is 0 Å². The zero-order valence-electron chi connectivity index (χ0n) is 15.3. The number of nitrogens with two attached hydrogens (primary N) is 1. The first kappa shape index (κ1) is 23.5. The van der Waals surface area contributed by atoms with Crippen LogP contribution in [0.5, 0.6) is 0 Å². The summed E-state index contributed by atoms with van der Waals surface area (Å²) in [5.74, 6) is 0.248. The lowest BCUT2D eigenvalue weighted by molar-refractivity contribution is -0.140. The Morgan fingerprint density at radius 2 is 1.37 bits per heavy atom. The number of carbonyl (C=O) groups excluding carboxylic acids is 2. The molecule has 2 saturated heterocycles. The van der Waals surface area contributed by atoms with Crippen molar-refractivity contribution < 1.29 is 14.3 Å². The van der Waals surface area contributed by atoms with Gasteiger partial charge in [0.1, 0.15) is 0 Å². The van der Waals surface area contributed by atoms with Crippen molar-refractivity contribution in [1.82, 2.24) is 14.7 Å². The first-order valence-corrected chi connectivity index (χ1v) is 8.82. The van der Waals surface area contributed by atoms with Crippen LogP contribution in [-0.2, 0) is 20.7 Å². The van der Waals surface area contributed by atoms with Gasteiger partial charge >= 0.3 is 0 Å². The highest BCUT2D eigenvalue weighted by atomic mass is 35.5. The van der Waals surface area contributed by atoms with Gasteiger partial charge in [0.25, 0.3) is 0 Å². The number of hydrogen-bond donors (Lipinski definition) is 1. The smallest absolute Gasteiger partial charge is 0.236 e. The van der Waals surface area contributed by atoms with Crippen molar-refractivity contribution >= 4 is 42.3 Å². The highest BCUT2D eigenvalue weighted by molar-refractivity contribution is 5.85. The van der Waals surface area contributed by atoms with Crippen LogP contribution in [0.2, 0.25) is 0 Å². The number of ether oxygens (including phenoxy) is 1. The monoisotopic (exact) mass is 418 g/mol. The third kappa shape index (κ3) is 6.84. The molecule has 7 nitrogen and oxygen atoms in total. The molecule has 0 radical (unpaired) electrons. The summed E-state index contributed by atoms with van der Waals surface area (Å²) in [6, 6.07) is 7.39. The van der Waals surface area contributed by atoms with Crippen molar-refractivity contribution in [3.8, 4) is 0 Å². The second-order valence-corrected chi connectivity index (χ2v) is 6.57. The maximum atomic E-state index is 12.4. The Bertz CT molecular complexity index is 601. The summed E-state index contributed by atoms with van der Waals surface area (Å²) in [5, 5.41) is 0. The zero-order chi connectivity index (χ0) is 17.6. The van der Waals surface area contributed by atoms with Gasteiger partial charge in [0, 0.05) is 45.0 Å². The SMILES string of the molecule is Cl.Cl.Nc1ccc(CC(=O)N2CCN(C(=O)CN3CCOCC3)CC2)cc1. The number of benzene rings is 1. The Balaban J connectivity index is 0.00000182. The average Bonchev–Trinajstić information content (AvgIpc) is 2.64. The van der Waals surface area contributed by atoms with Gasteiger partial charge < -0.3 is 20.3 Å². The minimum atomic E-state index is 0. The minimum absolute atomic E-state index is 0. The molecule has 0 spiro atoms. The molecule has 1 aromatic rings. The van der Waals surface area contributed by atoms with Crippen LogP contribution in [0, 0.1) is 0 Å². The highest BCUT2D eigenvalue weighted by Crippen LogP contribution is 2.10. The molecule has 152 valence electrons. The summed E-state index contributed by atoms with van der Waals surface area (Å²) in [4.78, 5) is 30.6. The molecule has 2 aliphatic heterocycles. The van der Waals surface area contributed by atoms with Crippen molar-refractivity contribution in [2.45, 2.75) is 6.42 Å². The Hall–Kier alpha value is -1.54. The fraction of sp³-hybridized carbons (Fsp3) is 0.556. The van der Waals surface area contributed by atoms with Crippen LogP contribution >= 0.6 is 24.8 Å². The van der Waals surface area contributed by atoms with E-state index in [9.17, 15) is 9.59 Å². The lowest BCUT2D eigenvalue weighted by atomic mass is 10.1. The molecule has 2 aliphatic rings. The van der Waals surface area contributed by atoms with Crippen LogP contribution in [0.15, 0.2) is 24.3 Å². The normalized spacial score (nSPS) is 17.6. The molecular formula is C18H28Cl2N4O3. The molecule has 0 aliphatic carbocycles. The third-order valence-electron chi connectivity index (χ3n) is 4.78. The maximum Gasteiger partial charge on any atom is 0.236 e. The Kier molecular flexibility index (Phi) is 9.87. The van der Waals surface area contributed by atoms with Crippen molar-refractivity contribution in [3.05, 3.63) is 29.8 Å². The van der Waals surface area contributed by atoms with Crippen LogP contribution in [0.3, 0.4) is 0 Å². The van der Waals surface area contributed by atoms with Crippen molar-refractivity contribution in [2.24, 2.45) is 0 Å². The van der Waals surface area contributed by atoms with Crippen molar-refractivity contribution in [3.63, 3.8) is 0 Å². The van der Waals surface area contributed by atoms with Gasteiger partial charge in [0.2, 0.25) is 11.8 Å². The summed E-state index contributed by atoms with van der Waals surface area (Å²) < 4.78 is 5.30. The number of rotatable bonds is 4. The summed E-state index contributed by atoms with van der Waals surface area (Å²) in [5.41, 5.74) is 7.33. The van der Waals surface area contributed by atoms with Crippen LogP contribution in [0.4, 0.5) is 5.69 Å².